The maximum atomic E-state index is 14.9. The molecule has 0 radical (unpaired) electrons. The fourth-order valence-electron chi connectivity index (χ4n) is 4.99. The molecule has 1 saturated carbocycles. The van der Waals surface area contributed by atoms with E-state index < -0.39 is 11.5 Å². The van der Waals surface area contributed by atoms with Gasteiger partial charge in [-0.2, -0.15) is 0 Å². The number of thioether (sulfide) groups is 1. The zero-order chi connectivity index (χ0) is 19.3. The molecule has 1 aromatic carbocycles. The third-order valence-electron chi connectivity index (χ3n) is 6.59. The van der Waals surface area contributed by atoms with Crippen molar-refractivity contribution >= 4 is 17.7 Å². The molecular weight excluding hydrogens is 363 g/mol. The van der Waals surface area contributed by atoms with Gasteiger partial charge in [0.1, 0.15) is 5.82 Å². The Balaban J connectivity index is 1.72. The van der Waals surface area contributed by atoms with E-state index in [0.717, 1.165) is 12.0 Å². The number of hydrogen-bond acceptors (Lipinski definition) is 4. The Morgan fingerprint density at radius 3 is 2.85 bits per heavy atom. The minimum Gasteiger partial charge on any atom is -0.392 e. The normalized spacial score (nSPS) is 35.5. The van der Waals surface area contributed by atoms with Gasteiger partial charge in [-0.25, -0.2) is 4.39 Å². The van der Waals surface area contributed by atoms with Crippen LogP contribution in [0.2, 0.25) is 0 Å². The van der Waals surface area contributed by atoms with E-state index in [2.05, 4.69) is 11.4 Å². The molecule has 2 aliphatic heterocycles. The average molecular weight is 391 g/mol. The van der Waals surface area contributed by atoms with Gasteiger partial charge in [0.2, 0.25) is 5.91 Å². The molecule has 0 bridgehead atoms. The number of rotatable bonds is 3. The molecule has 6 atom stereocenters. The van der Waals surface area contributed by atoms with Crippen molar-refractivity contribution < 1.29 is 14.3 Å². The summed E-state index contributed by atoms with van der Waals surface area (Å²) in [6.07, 6.45) is 2.93. The molecule has 1 saturated heterocycles. The molecule has 4 N–H and O–H groups in total. The Kier molecular flexibility index (Phi) is 4.85. The number of aliphatic hydroxyl groups is 1. The van der Waals surface area contributed by atoms with Crippen LogP contribution < -0.4 is 11.1 Å². The van der Waals surface area contributed by atoms with Crippen LogP contribution in [0.5, 0.6) is 0 Å². The van der Waals surface area contributed by atoms with Crippen molar-refractivity contribution in [1.82, 2.24) is 5.32 Å². The molecule has 146 valence electrons. The van der Waals surface area contributed by atoms with Crippen LogP contribution in [0.3, 0.4) is 0 Å². The second-order valence-electron chi connectivity index (χ2n) is 8.65. The highest BCUT2D eigenvalue weighted by molar-refractivity contribution is 8.03. The first-order valence-electron chi connectivity index (χ1n) is 9.64. The predicted molar refractivity (Wildman–Crippen MR) is 106 cm³/mol. The van der Waals surface area contributed by atoms with Crippen LogP contribution in [-0.4, -0.2) is 35.0 Å². The summed E-state index contributed by atoms with van der Waals surface area (Å²) >= 11 is 1.54. The van der Waals surface area contributed by atoms with Gasteiger partial charge in [0.05, 0.1) is 11.4 Å². The van der Waals surface area contributed by atoms with E-state index in [4.69, 9.17) is 5.73 Å². The maximum absolute atomic E-state index is 14.9. The number of nitrogens with two attached hydrogens (primary N) is 1. The van der Waals surface area contributed by atoms with Crippen LogP contribution in [-0.2, 0) is 10.2 Å². The quantitative estimate of drug-likeness (QED) is 0.742. The van der Waals surface area contributed by atoms with Crippen LogP contribution in [0.1, 0.15) is 43.7 Å². The highest BCUT2D eigenvalue weighted by Crippen LogP contribution is 2.50. The number of nitrogens with one attached hydrogen (secondary N) is 1. The summed E-state index contributed by atoms with van der Waals surface area (Å²) in [4.78, 5) is 12.4. The molecule has 2 heterocycles. The number of aliphatic hydroxyl groups excluding tert-OH is 1. The standard InChI is InChI=1S/C21H27FN2O2S/c1-21(2,10-23)13-4-3-11(9-14(13)22)17-16(25)6-5-15-18(17)12-7-8-27-19(12)20(26)24-15/h3-4,7-9,12,15-19,25H,5-6,10,23H2,1-2H3,(H,24,26). The van der Waals surface area contributed by atoms with Crippen molar-refractivity contribution in [2.75, 3.05) is 6.54 Å². The van der Waals surface area contributed by atoms with Gasteiger partial charge in [0.15, 0.2) is 0 Å². The summed E-state index contributed by atoms with van der Waals surface area (Å²) in [5.41, 5.74) is 6.78. The Bertz CT molecular complexity index is 781. The second-order valence-corrected chi connectivity index (χ2v) is 9.70. The summed E-state index contributed by atoms with van der Waals surface area (Å²) in [5.74, 6) is -0.222. The largest absolute Gasteiger partial charge is 0.392 e. The summed E-state index contributed by atoms with van der Waals surface area (Å²) in [6.45, 7) is 4.22. The van der Waals surface area contributed by atoms with Gasteiger partial charge < -0.3 is 16.2 Å². The molecule has 4 rings (SSSR count). The van der Waals surface area contributed by atoms with Gasteiger partial charge in [-0.05, 0) is 41.4 Å². The molecule has 0 spiro atoms. The van der Waals surface area contributed by atoms with Gasteiger partial charge in [0.25, 0.3) is 0 Å². The maximum Gasteiger partial charge on any atom is 0.234 e. The summed E-state index contributed by atoms with van der Waals surface area (Å²) in [5, 5.41) is 15.8. The molecule has 2 fully saturated rings. The van der Waals surface area contributed by atoms with Gasteiger partial charge in [0, 0.05) is 29.8 Å². The topological polar surface area (TPSA) is 75.3 Å². The molecule has 6 unspecified atom stereocenters. The first-order chi connectivity index (χ1) is 12.8. The van der Waals surface area contributed by atoms with E-state index in [9.17, 15) is 14.3 Å². The zero-order valence-electron chi connectivity index (χ0n) is 15.7. The van der Waals surface area contributed by atoms with E-state index in [-0.39, 0.29) is 40.8 Å². The third-order valence-corrected chi connectivity index (χ3v) is 7.73. The third kappa shape index (κ3) is 3.12. The number of hydrogen-bond donors (Lipinski definition) is 3. The van der Waals surface area contributed by atoms with E-state index in [1.54, 1.807) is 6.07 Å². The zero-order valence-corrected chi connectivity index (χ0v) is 16.5. The minimum absolute atomic E-state index is 0.0266. The van der Waals surface area contributed by atoms with Gasteiger partial charge in [-0.1, -0.05) is 32.1 Å². The van der Waals surface area contributed by atoms with E-state index in [1.807, 2.05) is 31.4 Å². The smallest absolute Gasteiger partial charge is 0.234 e. The van der Waals surface area contributed by atoms with Crippen LogP contribution in [0, 0.1) is 17.7 Å². The molecule has 0 aromatic heterocycles. The average Bonchev–Trinajstić information content (AvgIpc) is 3.12. The van der Waals surface area contributed by atoms with Gasteiger partial charge >= 0.3 is 0 Å². The highest BCUT2D eigenvalue weighted by Gasteiger charge is 2.51. The first kappa shape index (κ1) is 19.0. The lowest BCUT2D eigenvalue weighted by atomic mass is 9.63. The predicted octanol–water partition coefficient (Wildman–Crippen LogP) is 2.66. The number of benzene rings is 1. The van der Waals surface area contributed by atoms with E-state index >= 15 is 0 Å². The molecule has 27 heavy (non-hydrogen) atoms. The summed E-state index contributed by atoms with van der Waals surface area (Å²) in [7, 11) is 0. The van der Waals surface area contributed by atoms with Crippen molar-refractivity contribution in [3.05, 3.63) is 46.6 Å². The fourth-order valence-corrected chi connectivity index (χ4v) is 6.08. The Morgan fingerprint density at radius 1 is 1.37 bits per heavy atom. The number of allylic oxidation sites excluding steroid dienone is 1. The molecule has 1 aromatic rings. The minimum atomic E-state index is -0.534. The number of carbonyl (C=O) groups excluding carboxylic acids is 1. The van der Waals surface area contributed by atoms with Crippen LogP contribution >= 0.6 is 11.8 Å². The van der Waals surface area contributed by atoms with Crippen molar-refractivity contribution in [2.24, 2.45) is 17.6 Å². The van der Waals surface area contributed by atoms with Crippen LogP contribution in [0.4, 0.5) is 4.39 Å². The van der Waals surface area contributed by atoms with Crippen LogP contribution in [0.15, 0.2) is 29.7 Å². The molecule has 6 heteroatoms. The van der Waals surface area contributed by atoms with Crippen molar-refractivity contribution in [3.8, 4) is 0 Å². The Labute approximate surface area is 163 Å². The number of piperidine rings is 1. The molecule has 4 nitrogen and oxygen atoms in total. The Hall–Kier alpha value is -1.37. The number of carbonyl (C=O) groups is 1. The van der Waals surface area contributed by atoms with Gasteiger partial charge in [-0.3, -0.25) is 4.79 Å². The molecule has 1 aliphatic carbocycles. The fraction of sp³-hybridized carbons (Fsp3) is 0.571. The number of amides is 1. The summed E-state index contributed by atoms with van der Waals surface area (Å²) in [6, 6.07) is 5.34. The Morgan fingerprint density at radius 2 is 2.15 bits per heavy atom. The van der Waals surface area contributed by atoms with E-state index in [1.165, 1.54) is 11.8 Å². The second kappa shape index (κ2) is 6.90. The highest BCUT2D eigenvalue weighted by atomic mass is 32.2. The molecule has 3 aliphatic rings. The van der Waals surface area contributed by atoms with Gasteiger partial charge in [-0.15, -0.1) is 11.8 Å². The lowest BCUT2D eigenvalue weighted by Gasteiger charge is -2.48. The SMILES string of the molecule is CC(C)(CN)c1ccc(C2C(O)CCC3NC(=O)C4SC=CC4C32)cc1F. The molecule has 1 amide bonds. The number of fused-ring (bicyclic) bond motifs is 3. The molecular formula is C21H27FN2O2S. The first-order valence-corrected chi connectivity index (χ1v) is 10.6. The summed E-state index contributed by atoms with van der Waals surface area (Å²) < 4.78 is 14.9. The van der Waals surface area contributed by atoms with E-state index in [0.29, 0.717) is 18.5 Å². The van der Waals surface area contributed by atoms with Crippen molar-refractivity contribution in [3.63, 3.8) is 0 Å². The number of halogens is 1. The monoisotopic (exact) mass is 390 g/mol. The van der Waals surface area contributed by atoms with Crippen molar-refractivity contribution in [1.29, 1.82) is 0 Å². The van der Waals surface area contributed by atoms with Crippen molar-refractivity contribution in [2.45, 2.75) is 55.4 Å². The lowest BCUT2D eigenvalue weighted by Crippen LogP contribution is -2.59. The lowest BCUT2D eigenvalue weighted by molar-refractivity contribution is -0.126. The van der Waals surface area contributed by atoms with Crippen LogP contribution in [0.25, 0.3) is 0 Å².